The number of ether oxygens (including phenoxy) is 1. The predicted octanol–water partition coefficient (Wildman–Crippen LogP) is 0.771. The van der Waals surface area contributed by atoms with Crippen molar-refractivity contribution in [2.75, 3.05) is 12.4 Å². The average Bonchev–Trinajstić information content (AvgIpc) is 2.97. The number of carbonyl (C=O) groups excluding carboxylic acids is 1. The molecule has 0 aromatic carbocycles. The first kappa shape index (κ1) is 13.4. The molecule has 0 saturated carbocycles. The molecule has 0 amide bonds. The summed E-state index contributed by atoms with van der Waals surface area (Å²) in [5, 5.41) is 17.1. The Balaban J connectivity index is 2.26. The summed E-state index contributed by atoms with van der Waals surface area (Å²) in [6, 6.07) is 2.38. The Bertz CT molecular complexity index is 627. The molecule has 0 bridgehead atoms. The Hall–Kier alpha value is -3.04. The van der Waals surface area contributed by atoms with Gasteiger partial charge in [0.25, 0.3) is 0 Å². The number of anilines is 1. The SMILES string of the molecule is COC(=O)c1ccc([N+](=O)[O-])c(NCc2ncon2)n1. The van der Waals surface area contributed by atoms with Crippen molar-refractivity contribution in [1.29, 1.82) is 0 Å². The molecule has 104 valence electrons. The number of hydrogen-bond donors (Lipinski definition) is 1. The first-order valence-corrected chi connectivity index (χ1v) is 5.34. The van der Waals surface area contributed by atoms with Gasteiger partial charge in [0.2, 0.25) is 12.2 Å². The van der Waals surface area contributed by atoms with Crippen molar-refractivity contribution in [2.45, 2.75) is 6.54 Å². The molecule has 0 fully saturated rings. The number of rotatable bonds is 5. The zero-order chi connectivity index (χ0) is 14.5. The molecule has 0 aliphatic rings. The zero-order valence-corrected chi connectivity index (χ0v) is 10.3. The van der Waals surface area contributed by atoms with Crippen molar-refractivity contribution in [3.8, 4) is 0 Å². The van der Waals surface area contributed by atoms with Crippen LogP contribution in [-0.4, -0.2) is 33.1 Å². The Morgan fingerprint density at radius 1 is 1.55 bits per heavy atom. The highest BCUT2D eigenvalue weighted by molar-refractivity contribution is 5.88. The number of hydrogen-bond acceptors (Lipinski definition) is 9. The van der Waals surface area contributed by atoms with Crippen molar-refractivity contribution < 1.29 is 19.0 Å². The minimum Gasteiger partial charge on any atom is -0.464 e. The fourth-order valence-electron chi connectivity index (χ4n) is 1.38. The normalized spacial score (nSPS) is 10.1. The van der Waals surface area contributed by atoms with Crippen molar-refractivity contribution in [1.82, 2.24) is 15.1 Å². The van der Waals surface area contributed by atoms with E-state index in [0.29, 0.717) is 5.82 Å². The molecule has 0 spiro atoms. The lowest BCUT2D eigenvalue weighted by Gasteiger charge is -2.05. The average molecular weight is 279 g/mol. The number of aromatic nitrogens is 3. The number of pyridine rings is 1. The van der Waals surface area contributed by atoms with Crippen LogP contribution in [0.25, 0.3) is 0 Å². The molecule has 2 rings (SSSR count). The monoisotopic (exact) mass is 279 g/mol. The number of nitrogens with one attached hydrogen (secondary N) is 1. The molecule has 0 atom stereocenters. The molecular formula is C10H9N5O5. The van der Waals surface area contributed by atoms with E-state index < -0.39 is 10.9 Å². The van der Waals surface area contributed by atoms with E-state index in [1.165, 1.54) is 13.2 Å². The Kier molecular flexibility index (Phi) is 3.84. The third-order valence-electron chi connectivity index (χ3n) is 2.29. The summed E-state index contributed by atoms with van der Waals surface area (Å²) in [6.45, 7) is 0.0645. The Labute approximate surface area is 111 Å². The summed E-state index contributed by atoms with van der Waals surface area (Å²) in [4.78, 5) is 29.2. The van der Waals surface area contributed by atoms with Gasteiger partial charge in [-0.3, -0.25) is 10.1 Å². The van der Waals surface area contributed by atoms with Gasteiger partial charge in [0.1, 0.15) is 0 Å². The second kappa shape index (κ2) is 5.73. The molecule has 0 unspecified atom stereocenters. The summed E-state index contributed by atoms with van der Waals surface area (Å²) >= 11 is 0. The Morgan fingerprint density at radius 2 is 2.35 bits per heavy atom. The highest BCUT2D eigenvalue weighted by Crippen LogP contribution is 2.22. The summed E-state index contributed by atoms with van der Waals surface area (Å²) in [5.74, 6) is -0.477. The van der Waals surface area contributed by atoms with E-state index in [2.05, 4.69) is 29.7 Å². The van der Waals surface area contributed by atoms with Crippen molar-refractivity contribution in [2.24, 2.45) is 0 Å². The summed E-state index contributed by atoms with van der Waals surface area (Å²) in [7, 11) is 1.19. The van der Waals surface area contributed by atoms with Crippen LogP contribution in [0.4, 0.5) is 11.5 Å². The fourth-order valence-corrected chi connectivity index (χ4v) is 1.38. The minimum atomic E-state index is -0.692. The van der Waals surface area contributed by atoms with Crippen LogP contribution < -0.4 is 5.32 Å². The maximum Gasteiger partial charge on any atom is 0.356 e. The fraction of sp³-hybridized carbons (Fsp3) is 0.200. The van der Waals surface area contributed by atoms with Gasteiger partial charge in [0.05, 0.1) is 18.6 Å². The zero-order valence-electron chi connectivity index (χ0n) is 10.3. The lowest BCUT2D eigenvalue weighted by molar-refractivity contribution is -0.384. The third-order valence-corrected chi connectivity index (χ3v) is 2.29. The molecule has 20 heavy (non-hydrogen) atoms. The van der Waals surface area contributed by atoms with Crippen molar-refractivity contribution in [3.05, 3.63) is 40.2 Å². The molecule has 0 aliphatic carbocycles. The van der Waals surface area contributed by atoms with Gasteiger partial charge in [-0.1, -0.05) is 5.16 Å². The molecule has 0 aliphatic heterocycles. The maximum absolute atomic E-state index is 11.4. The number of methoxy groups -OCH3 is 1. The number of esters is 1. The molecule has 0 radical (unpaired) electrons. The third kappa shape index (κ3) is 2.85. The van der Waals surface area contributed by atoms with Crippen molar-refractivity contribution >= 4 is 17.5 Å². The van der Waals surface area contributed by atoms with Gasteiger partial charge in [-0.15, -0.1) is 0 Å². The van der Waals surface area contributed by atoms with E-state index in [4.69, 9.17) is 0 Å². The van der Waals surface area contributed by atoms with Crippen LogP contribution in [0, 0.1) is 10.1 Å². The second-order valence-electron chi connectivity index (χ2n) is 3.51. The van der Waals surface area contributed by atoms with E-state index in [-0.39, 0.29) is 23.7 Å². The Morgan fingerprint density at radius 3 is 2.95 bits per heavy atom. The van der Waals surface area contributed by atoms with Crippen molar-refractivity contribution in [3.63, 3.8) is 0 Å². The molecule has 2 aromatic rings. The lowest BCUT2D eigenvalue weighted by Crippen LogP contribution is -2.10. The van der Waals surface area contributed by atoms with E-state index in [0.717, 1.165) is 12.5 Å². The summed E-state index contributed by atoms with van der Waals surface area (Å²) in [6.07, 6.45) is 1.13. The number of carbonyl (C=O) groups is 1. The van der Waals surface area contributed by atoms with Crippen LogP contribution in [0.5, 0.6) is 0 Å². The standard InChI is InChI=1S/C10H9N5O5/c1-19-10(16)6-2-3-7(15(17)18)9(13-6)11-4-8-12-5-20-14-8/h2-3,5H,4H2,1H3,(H,11,13). The quantitative estimate of drug-likeness (QED) is 0.478. The van der Waals surface area contributed by atoms with Gasteiger partial charge < -0.3 is 14.6 Å². The van der Waals surface area contributed by atoms with Gasteiger partial charge in [-0.2, -0.15) is 4.98 Å². The molecule has 10 nitrogen and oxygen atoms in total. The maximum atomic E-state index is 11.4. The molecule has 0 saturated heterocycles. The van der Waals surface area contributed by atoms with E-state index in [1.54, 1.807) is 0 Å². The van der Waals surface area contributed by atoms with Crippen LogP contribution in [0.15, 0.2) is 23.0 Å². The summed E-state index contributed by atoms with van der Waals surface area (Å²) < 4.78 is 9.03. The van der Waals surface area contributed by atoms with Crippen LogP contribution in [0.2, 0.25) is 0 Å². The molecule has 1 N–H and O–H groups in total. The first-order valence-electron chi connectivity index (χ1n) is 5.34. The van der Waals surface area contributed by atoms with Gasteiger partial charge in [-0.05, 0) is 6.07 Å². The van der Waals surface area contributed by atoms with Gasteiger partial charge in [0.15, 0.2) is 11.5 Å². The van der Waals surface area contributed by atoms with Crippen LogP contribution in [0.1, 0.15) is 16.3 Å². The molecule has 2 aromatic heterocycles. The van der Waals surface area contributed by atoms with E-state index in [9.17, 15) is 14.9 Å². The first-order chi connectivity index (χ1) is 9.61. The molecular weight excluding hydrogens is 270 g/mol. The minimum absolute atomic E-state index is 0.0475. The summed E-state index contributed by atoms with van der Waals surface area (Å²) in [5.41, 5.74) is -0.324. The van der Waals surface area contributed by atoms with Gasteiger partial charge in [0, 0.05) is 6.07 Å². The van der Waals surface area contributed by atoms with Crippen LogP contribution >= 0.6 is 0 Å². The van der Waals surface area contributed by atoms with Gasteiger partial charge >= 0.3 is 11.7 Å². The smallest absolute Gasteiger partial charge is 0.356 e. The van der Waals surface area contributed by atoms with E-state index >= 15 is 0 Å². The van der Waals surface area contributed by atoms with Gasteiger partial charge in [-0.25, -0.2) is 9.78 Å². The largest absolute Gasteiger partial charge is 0.464 e. The van der Waals surface area contributed by atoms with Crippen LogP contribution in [-0.2, 0) is 11.3 Å². The molecule has 2 heterocycles. The second-order valence-corrected chi connectivity index (χ2v) is 3.51. The highest BCUT2D eigenvalue weighted by atomic mass is 16.6. The van der Waals surface area contributed by atoms with Crippen LogP contribution in [0.3, 0.4) is 0 Å². The lowest BCUT2D eigenvalue weighted by atomic mass is 10.3. The molecule has 10 heteroatoms. The number of nitro groups is 1. The topological polar surface area (TPSA) is 133 Å². The number of nitrogens with zero attached hydrogens (tertiary/aromatic N) is 4. The predicted molar refractivity (Wildman–Crippen MR) is 63.9 cm³/mol. The van der Waals surface area contributed by atoms with E-state index in [1.807, 2.05) is 0 Å². The highest BCUT2D eigenvalue weighted by Gasteiger charge is 2.19.